The summed E-state index contributed by atoms with van der Waals surface area (Å²) in [6.07, 6.45) is 50.3. The summed E-state index contributed by atoms with van der Waals surface area (Å²) in [6.45, 7) is 6.33. The SMILES string of the molecule is CC/C=C/C/C=C/C/C=C/C/C=C/CCCCCC(=O)OC(CCCCCCCCCCCC)CC(=O)NC(CO)C(O)CCCCCCCCCCCC. The molecule has 0 aliphatic rings. The van der Waals surface area contributed by atoms with Crippen molar-refractivity contribution in [2.24, 2.45) is 0 Å². The van der Waals surface area contributed by atoms with Gasteiger partial charge >= 0.3 is 5.97 Å². The summed E-state index contributed by atoms with van der Waals surface area (Å²) in [6, 6.07) is -0.704. The van der Waals surface area contributed by atoms with E-state index in [1.807, 2.05) is 0 Å². The van der Waals surface area contributed by atoms with Crippen LogP contribution in [0.4, 0.5) is 0 Å². The van der Waals surface area contributed by atoms with Gasteiger partial charge in [0.1, 0.15) is 6.10 Å². The molecule has 6 nitrogen and oxygen atoms in total. The Balaban J connectivity index is 4.60. The van der Waals surface area contributed by atoms with Gasteiger partial charge in [-0.25, -0.2) is 0 Å². The molecule has 0 radical (unpaired) electrons. The molecule has 0 saturated carbocycles. The molecule has 0 aliphatic carbocycles. The van der Waals surface area contributed by atoms with Gasteiger partial charge < -0.3 is 20.3 Å². The second kappa shape index (κ2) is 43.0. The van der Waals surface area contributed by atoms with Crippen LogP contribution < -0.4 is 5.32 Å². The Kier molecular flexibility index (Phi) is 41.2. The summed E-state index contributed by atoms with van der Waals surface area (Å²) in [5.74, 6) is -0.510. The van der Waals surface area contributed by atoms with Gasteiger partial charge in [0.05, 0.1) is 25.2 Å². The van der Waals surface area contributed by atoms with Crippen LogP contribution >= 0.6 is 0 Å². The number of carbonyl (C=O) groups is 2. The van der Waals surface area contributed by atoms with Crippen LogP contribution in [0.25, 0.3) is 0 Å². The number of hydrogen-bond acceptors (Lipinski definition) is 5. The van der Waals surface area contributed by atoms with Crippen molar-refractivity contribution in [1.82, 2.24) is 5.32 Å². The topological polar surface area (TPSA) is 95.9 Å². The molecule has 55 heavy (non-hydrogen) atoms. The number of unbranched alkanes of at least 4 members (excludes halogenated alkanes) is 21. The maximum atomic E-state index is 13.1. The molecule has 1 amide bonds. The lowest BCUT2D eigenvalue weighted by atomic mass is 10.0. The minimum Gasteiger partial charge on any atom is -0.462 e. The number of nitrogens with one attached hydrogen (secondary N) is 1. The predicted octanol–water partition coefficient (Wildman–Crippen LogP) is 13.5. The van der Waals surface area contributed by atoms with Crippen LogP contribution in [-0.2, 0) is 14.3 Å². The highest BCUT2D eigenvalue weighted by Gasteiger charge is 2.24. The molecule has 320 valence electrons. The van der Waals surface area contributed by atoms with Crippen LogP contribution in [0.15, 0.2) is 48.6 Å². The number of hydrogen-bond donors (Lipinski definition) is 3. The van der Waals surface area contributed by atoms with E-state index >= 15 is 0 Å². The minimum absolute atomic E-state index is 0.0659. The standard InChI is InChI=1S/C49H89NO5/c1-4-7-10-13-16-19-22-23-24-25-26-27-30-33-36-39-42-49(54)55-45(40-37-34-31-28-20-17-14-11-8-5-2)43-48(53)50-46(44-51)47(52)41-38-35-32-29-21-18-15-12-9-6-3/h7,10,16,19,23-24,26-27,45-47,51-52H,4-6,8-9,11-15,17-18,20-22,25,28-44H2,1-3H3,(H,50,53)/b10-7+,19-16+,24-23+,27-26+. The minimum atomic E-state index is -0.789. The van der Waals surface area contributed by atoms with Crippen molar-refractivity contribution >= 4 is 11.9 Å². The molecule has 0 heterocycles. The van der Waals surface area contributed by atoms with E-state index in [1.54, 1.807) is 0 Å². The lowest BCUT2D eigenvalue weighted by Crippen LogP contribution is -2.46. The van der Waals surface area contributed by atoms with Crippen LogP contribution in [0.3, 0.4) is 0 Å². The van der Waals surface area contributed by atoms with Crippen molar-refractivity contribution in [3.8, 4) is 0 Å². The molecule has 0 fully saturated rings. The molecule has 0 aliphatic heterocycles. The average molecular weight is 772 g/mol. The molecule has 6 heteroatoms. The summed E-state index contributed by atoms with van der Waals surface area (Å²) >= 11 is 0. The molecule has 3 N–H and O–H groups in total. The van der Waals surface area contributed by atoms with Gasteiger partial charge in [0, 0.05) is 6.42 Å². The molecule has 0 rings (SSSR count). The fourth-order valence-corrected chi connectivity index (χ4v) is 6.89. The van der Waals surface area contributed by atoms with E-state index in [9.17, 15) is 19.8 Å². The number of carbonyl (C=O) groups excluding carboxylic acids is 2. The molecular weight excluding hydrogens is 683 g/mol. The molecule has 3 atom stereocenters. The number of ether oxygens (including phenoxy) is 1. The van der Waals surface area contributed by atoms with Crippen LogP contribution in [0.5, 0.6) is 0 Å². The molecule has 3 unspecified atom stereocenters. The van der Waals surface area contributed by atoms with E-state index in [0.717, 1.165) is 89.9 Å². The Morgan fingerprint density at radius 3 is 1.47 bits per heavy atom. The molecule has 0 aromatic rings. The first-order valence-electron chi connectivity index (χ1n) is 23.4. The quantitative estimate of drug-likeness (QED) is 0.0327. The first-order valence-corrected chi connectivity index (χ1v) is 23.4. The molecular formula is C49H89NO5. The highest BCUT2D eigenvalue weighted by molar-refractivity contribution is 5.77. The van der Waals surface area contributed by atoms with E-state index in [-0.39, 0.29) is 24.9 Å². The van der Waals surface area contributed by atoms with Crippen molar-refractivity contribution in [2.75, 3.05) is 6.61 Å². The molecule has 0 spiro atoms. The zero-order valence-electron chi connectivity index (χ0n) is 36.3. The summed E-state index contributed by atoms with van der Waals surface area (Å²) in [4.78, 5) is 26.0. The van der Waals surface area contributed by atoms with E-state index in [1.165, 1.54) is 89.9 Å². The summed E-state index contributed by atoms with van der Waals surface area (Å²) in [5.41, 5.74) is 0. The number of aliphatic hydroxyl groups is 2. The monoisotopic (exact) mass is 772 g/mol. The fraction of sp³-hybridized carbons (Fsp3) is 0.796. The van der Waals surface area contributed by atoms with Crippen LogP contribution in [0, 0.1) is 0 Å². The van der Waals surface area contributed by atoms with Gasteiger partial charge in [-0.05, 0) is 64.2 Å². The number of esters is 1. The Morgan fingerprint density at radius 1 is 0.545 bits per heavy atom. The zero-order chi connectivity index (χ0) is 40.3. The second-order valence-corrected chi connectivity index (χ2v) is 15.8. The van der Waals surface area contributed by atoms with Gasteiger partial charge in [-0.2, -0.15) is 0 Å². The molecule has 0 aromatic heterocycles. The fourth-order valence-electron chi connectivity index (χ4n) is 6.89. The first-order chi connectivity index (χ1) is 27.0. The predicted molar refractivity (Wildman–Crippen MR) is 236 cm³/mol. The molecule has 0 aromatic carbocycles. The number of allylic oxidation sites excluding steroid dienone is 8. The van der Waals surface area contributed by atoms with Gasteiger partial charge in [0.2, 0.25) is 5.91 Å². The Labute approximate surface area is 340 Å². The Morgan fingerprint density at radius 2 is 0.982 bits per heavy atom. The van der Waals surface area contributed by atoms with Gasteiger partial charge in [-0.15, -0.1) is 0 Å². The van der Waals surface area contributed by atoms with E-state index in [0.29, 0.717) is 19.3 Å². The Hall–Kier alpha value is -2.18. The summed E-state index contributed by atoms with van der Waals surface area (Å²) < 4.78 is 5.89. The summed E-state index contributed by atoms with van der Waals surface area (Å²) in [7, 11) is 0. The van der Waals surface area contributed by atoms with Crippen molar-refractivity contribution in [2.45, 2.75) is 244 Å². The first kappa shape index (κ1) is 52.8. The smallest absolute Gasteiger partial charge is 0.306 e. The largest absolute Gasteiger partial charge is 0.462 e. The highest BCUT2D eigenvalue weighted by Crippen LogP contribution is 2.17. The molecule has 0 saturated heterocycles. The second-order valence-electron chi connectivity index (χ2n) is 15.8. The van der Waals surface area contributed by atoms with Gasteiger partial charge in [-0.1, -0.05) is 198 Å². The third-order valence-electron chi connectivity index (χ3n) is 10.4. The van der Waals surface area contributed by atoms with Crippen LogP contribution in [-0.4, -0.2) is 46.9 Å². The van der Waals surface area contributed by atoms with Gasteiger partial charge in [0.15, 0.2) is 0 Å². The Bertz CT molecular complexity index is 957. The van der Waals surface area contributed by atoms with Gasteiger partial charge in [0.25, 0.3) is 0 Å². The van der Waals surface area contributed by atoms with E-state index in [2.05, 4.69) is 74.7 Å². The molecule has 0 bridgehead atoms. The summed E-state index contributed by atoms with van der Waals surface area (Å²) in [5, 5.41) is 23.6. The van der Waals surface area contributed by atoms with Crippen molar-refractivity contribution in [1.29, 1.82) is 0 Å². The number of rotatable bonds is 41. The van der Waals surface area contributed by atoms with Crippen molar-refractivity contribution in [3.05, 3.63) is 48.6 Å². The third-order valence-corrected chi connectivity index (χ3v) is 10.4. The van der Waals surface area contributed by atoms with Gasteiger partial charge in [-0.3, -0.25) is 9.59 Å². The maximum absolute atomic E-state index is 13.1. The van der Waals surface area contributed by atoms with E-state index in [4.69, 9.17) is 4.74 Å². The van der Waals surface area contributed by atoms with E-state index < -0.39 is 18.2 Å². The lowest BCUT2D eigenvalue weighted by molar-refractivity contribution is -0.151. The number of aliphatic hydroxyl groups excluding tert-OH is 2. The van der Waals surface area contributed by atoms with Crippen molar-refractivity contribution in [3.63, 3.8) is 0 Å². The third kappa shape index (κ3) is 38.5. The van der Waals surface area contributed by atoms with Crippen LogP contribution in [0.2, 0.25) is 0 Å². The zero-order valence-corrected chi connectivity index (χ0v) is 36.3. The number of amides is 1. The van der Waals surface area contributed by atoms with Crippen LogP contribution in [0.1, 0.15) is 226 Å². The maximum Gasteiger partial charge on any atom is 0.306 e. The lowest BCUT2D eigenvalue weighted by Gasteiger charge is -2.24. The highest BCUT2D eigenvalue weighted by atomic mass is 16.5. The average Bonchev–Trinajstić information content (AvgIpc) is 3.18. The van der Waals surface area contributed by atoms with Crippen molar-refractivity contribution < 1.29 is 24.5 Å². The normalized spacial score (nSPS) is 13.8.